The van der Waals surface area contributed by atoms with E-state index in [1.54, 1.807) is 12.1 Å². The molecule has 0 bridgehead atoms. The number of alkyl halides is 3. The number of nitrogens with one attached hydrogen (secondary N) is 1. The number of hydrogen-bond acceptors (Lipinski definition) is 2. The Morgan fingerprint density at radius 1 is 1.17 bits per heavy atom. The minimum Gasteiger partial charge on any atom is -0.344 e. The molecule has 0 aliphatic carbocycles. The molecule has 1 heterocycles. The first-order valence-corrected chi connectivity index (χ1v) is 6.94. The van der Waals surface area contributed by atoms with Gasteiger partial charge in [-0.3, -0.25) is 9.59 Å². The molecule has 0 unspecified atom stereocenters. The number of carbonyl (C=O) groups is 1. The first-order valence-electron chi connectivity index (χ1n) is 6.94. The van der Waals surface area contributed by atoms with E-state index < -0.39 is 17.6 Å². The first kappa shape index (κ1) is 17.3. The van der Waals surface area contributed by atoms with Crippen molar-refractivity contribution in [1.82, 2.24) is 9.88 Å². The molecule has 0 radical (unpaired) electrons. The molecular formula is C17H13F3N2O2. The maximum atomic E-state index is 12.6. The fourth-order valence-electron chi connectivity index (χ4n) is 1.86. The zero-order chi connectivity index (χ0) is 17.6. The number of benzene rings is 1. The van der Waals surface area contributed by atoms with Crippen LogP contribution in [-0.4, -0.2) is 17.0 Å². The molecule has 1 aromatic heterocycles. The SMILES string of the molecule is O=C(Cn1ccccc1=O)NCC#Cc1cccc(C(F)(F)F)c1. The minimum absolute atomic E-state index is 0.0311. The van der Waals surface area contributed by atoms with Crippen molar-refractivity contribution in [2.24, 2.45) is 0 Å². The first-order chi connectivity index (χ1) is 11.4. The van der Waals surface area contributed by atoms with Gasteiger partial charge in [-0.1, -0.05) is 24.0 Å². The molecule has 7 heteroatoms. The third kappa shape index (κ3) is 5.02. The molecule has 124 valence electrons. The Morgan fingerprint density at radius 2 is 1.96 bits per heavy atom. The molecular weight excluding hydrogens is 321 g/mol. The smallest absolute Gasteiger partial charge is 0.344 e. The zero-order valence-corrected chi connectivity index (χ0v) is 12.4. The molecule has 2 aromatic rings. The van der Waals surface area contributed by atoms with Crippen LogP contribution < -0.4 is 10.9 Å². The molecule has 1 aromatic carbocycles. The quantitative estimate of drug-likeness (QED) is 0.874. The second-order valence-electron chi connectivity index (χ2n) is 4.82. The van der Waals surface area contributed by atoms with Crippen LogP contribution in [0.3, 0.4) is 0 Å². The standard InChI is InChI=1S/C17H13F3N2O2/c18-17(19,20)14-7-3-5-13(11-14)6-4-9-21-15(23)12-22-10-2-1-8-16(22)24/h1-3,5,7-8,10-11H,9,12H2,(H,21,23). The zero-order valence-electron chi connectivity index (χ0n) is 12.4. The normalized spacial score (nSPS) is 10.6. The number of carbonyl (C=O) groups excluding carboxylic acids is 1. The van der Waals surface area contributed by atoms with Crippen LogP contribution in [-0.2, 0) is 17.5 Å². The van der Waals surface area contributed by atoms with Gasteiger partial charge in [0, 0.05) is 17.8 Å². The third-order valence-corrected chi connectivity index (χ3v) is 3.01. The van der Waals surface area contributed by atoms with Gasteiger partial charge in [-0.15, -0.1) is 0 Å². The highest BCUT2D eigenvalue weighted by atomic mass is 19.4. The monoisotopic (exact) mass is 334 g/mol. The molecule has 0 atom stereocenters. The van der Waals surface area contributed by atoms with Gasteiger partial charge < -0.3 is 9.88 Å². The van der Waals surface area contributed by atoms with Crippen LogP contribution >= 0.6 is 0 Å². The van der Waals surface area contributed by atoms with E-state index in [1.807, 2.05) is 0 Å². The van der Waals surface area contributed by atoms with E-state index in [2.05, 4.69) is 17.2 Å². The van der Waals surface area contributed by atoms with Gasteiger partial charge in [0.25, 0.3) is 5.56 Å². The summed E-state index contributed by atoms with van der Waals surface area (Å²) in [6.07, 6.45) is -2.94. The molecule has 0 aliphatic rings. The Balaban J connectivity index is 1.91. The highest BCUT2D eigenvalue weighted by molar-refractivity contribution is 5.76. The summed E-state index contributed by atoms with van der Waals surface area (Å²) >= 11 is 0. The van der Waals surface area contributed by atoms with E-state index in [4.69, 9.17) is 0 Å². The van der Waals surface area contributed by atoms with Crippen molar-refractivity contribution in [3.8, 4) is 11.8 Å². The Labute approximate surface area is 135 Å². The van der Waals surface area contributed by atoms with Crippen LogP contribution in [0.2, 0.25) is 0 Å². The van der Waals surface area contributed by atoms with Crippen molar-refractivity contribution in [2.75, 3.05) is 6.54 Å². The van der Waals surface area contributed by atoms with Crippen molar-refractivity contribution < 1.29 is 18.0 Å². The number of pyridine rings is 1. The van der Waals surface area contributed by atoms with Crippen molar-refractivity contribution >= 4 is 5.91 Å². The molecule has 0 saturated carbocycles. The molecule has 0 fully saturated rings. The summed E-state index contributed by atoms with van der Waals surface area (Å²) < 4.78 is 38.9. The van der Waals surface area contributed by atoms with Crippen LogP contribution in [0.5, 0.6) is 0 Å². The molecule has 24 heavy (non-hydrogen) atoms. The Hall–Kier alpha value is -3.01. The van der Waals surface area contributed by atoms with Crippen LogP contribution in [0.25, 0.3) is 0 Å². The van der Waals surface area contributed by atoms with E-state index in [9.17, 15) is 22.8 Å². The predicted octanol–water partition coefficient (Wildman–Crippen LogP) is 2.04. The highest BCUT2D eigenvalue weighted by Gasteiger charge is 2.30. The Kier molecular flexibility index (Phi) is 5.42. The lowest BCUT2D eigenvalue weighted by Crippen LogP contribution is -2.31. The van der Waals surface area contributed by atoms with Crippen LogP contribution in [0.4, 0.5) is 13.2 Å². The topological polar surface area (TPSA) is 51.1 Å². The van der Waals surface area contributed by atoms with Crippen LogP contribution in [0.15, 0.2) is 53.5 Å². The van der Waals surface area contributed by atoms with Gasteiger partial charge in [0.1, 0.15) is 6.54 Å². The molecule has 1 N–H and O–H groups in total. The minimum atomic E-state index is -4.42. The number of hydrogen-bond donors (Lipinski definition) is 1. The fraction of sp³-hybridized carbons (Fsp3) is 0.176. The second kappa shape index (κ2) is 7.51. The van der Waals surface area contributed by atoms with E-state index >= 15 is 0 Å². The predicted molar refractivity (Wildman–Crippen MR) is 82.0 cm³/mol. The van der Waals surface area contributed by atoms with Crippen molar-refractivity contribution in [3.63, 3.8) is 0 Å². The summed E-state index contributed by atoms with van der Waals surface area (Å²) in [5.74, 6) is 4.71. The fourth-order valence-corrected chi connectivity index (χ4v) is 1.86. The number of rotatable bonds is 3. The van der Waals surface area contributed by atoms with Gasteiger partial charge in [-0.2, -0.15) is 13.2 Å². The van der Waals surface area contributed by atoms with Crippen molar-refractivity contribution in [1.29, 1.82) is 0 Å². The maximum Gasteiger partial charge on any atom is 0.416 e. The van der Waals surface area contributed by atoms with Crippen LogP contribution in [0.1, 0.15) is 11.1 Å². The van der Waals surface area contributed by atoms with E-state index in [0.717, 1.165) is 12.1 Å². The van der Waals surface area contributed by atoms with Crippen molar-refractivity contribution in [2.45, 2.75) is 12.7 Å². The third-order valence-electron chi connectivity index (χ3n) is 3.01. The van der Waals surface area contributed by atoms with Gasteiger partial charge in [-0.25, -0.2) is 0 Å². The van der Waals surface area contributed by atoms with E-state index in [1.165, 1.54) is 29.0 Å². The lowest BCUT2D eigenvalue weighted by Gasteiger charge is -2.06. The summed E-state index contributed by atoms with van der Waals surface area (Å²) in [7, 11) is 0. The second-order valence-corrected chi connectivity index (χ2v) is 4.82. The highest BCUT2D eigenvalue weighted by Crippen LogP contribution is 2.29. The average molecular weight is 334 g/mol. The molecule has 4 nitrogen and oxygen atoms in total. The van der Waals surface area contributed by atoms with Crippen LogP contribution in [0, 0.1) is 11.8 Å². The Morgan fingerprint density at radius 3 is 2.67 bits per heavy atom. The maximum absolute atomic E-state index is 12.6. The average Bonchev–Trinajstić information content (AvgIpc) is 2.53. The van der Waals surface area contributed by atoms with Gasteiger partial charge in [0.15, 0.2) is 0 Å². The number of aromatic nitrogens is 1. The number of nitrogens with zero attached hydrogens (tertiary/aromatic N) is 1. The van der Waals surface area contributed by atoms with Gasteiger partial charge in [0.05, 0.1) is 12.1 Å². The lowest BCUT2D eigenvalue weighted by atomic mass is 10.1. The van der Waals surface area contributed by atoms with E-state index in [0.29, 0.717) is 0 Å². The summed E-state index contributed by atoms with van der Waals surface area (Å²) in [6.45, 7) is -0.179. The number of halogens is 3. The molecule has 2 rings (SSSR count). The van der Waals surface area contributed by atoms with Gasteiger partial charge in [-0.05, 0) is 24.3 Å². The lowest BCUT2D eigenvalue weighted by molar-refractivity contribution is -0.137. The summed E-state index contributed by atoms with van der Waals surface area (Å²) in [5.41, 5.74) is -0.872. The van der Waals surface area contributed by atoms with Gasteiger partial charge in [0.2, 0.25) is 5.91 Å². The van der Waals surface area contributed by atoms with Crippen molar-refractivity contribution in [3.05, 3.63) is 70.1 Å². The molecule has 1 amide bonds. The van der Waals surface area contributed by atoms with E-state index in [-0.39, 0.29) is 24.2 Å². The molecule has 0 aliphatic heterocycles. The molecule has 0 spiro atoms. The summed E-state index contributed by atoms with van der Waals surface area (Å²) in [5, 5.41) is 2.48. The summed E-state index contributed by atoms with van der Waals surface area (Å²) in [6, 6.07) is 9.16. The summed E-state index contributed by atoms with van der Waals surface area (Å²) in [4.78, 5) is 23.1. The van der Waals surface area contributed by atoms with Gasteiger partial charge >= 0.3 is 6.18 Å². The molecule has 0 saturated heterocycles. The Bertz CT molecular complexity index is 845. The number of amides is 1. The largest absolute Gasteiger partial charge is 0.416 e.